The summed E-state index contributed by atoms with van der Waals surface area (Å²) in [4.78, 5) is 25.9. The highest BCUT2D eigenvalue weighted by Gasteiger charge is 2.25. The highest BCUT2D eigenvalue weighted by Crippen LogP contribution is 2.36. The number of furan rings is 1. The van der Waals surface area contributed by atoms with E-state index < -0.39 is 10.9 Å². The first-order valence-corrected chi connectivity index (χ1v) is 6.87. The molecule has 0 bridgehead atoms. The number of rotatable bonds is 4. The lowest BCUT2D eigenvalue weighted by Crippen LogP contribution is -1.93. The molecule has 102 valence electrons. The van der Waals surface area contributed by atoms with E-state index in [1.165, 1.54) is 27.9 Å². The lowest BCUT2D eigenvalue weighted by Gasteiger charge is -1.95. The van der Waals surface area contributed by atoms with Crippen molar-refractivity contribution in [2.24, 2.45) is 0 Å². The molecule has 0 aromatic carbocycles. The van der Waals surface area contributed by atoms with Crippen molar-refractivity contribution in [3.05, 3.63) is 39.6 Å². The minimum absolute atomic E-state index is 0.160. The first kappa shape index (κ1) is 12.7. The van der Waals surface area contributed by atoms with Crippen LogP contribution in [0.5, 0.6) is 0 Å². The van der Waals surface area contributed by atoms with Crippen LogP contribution < -0.4 is 0 Å². The third-order valence-corrected chi connectivity index (χ3v) is 4.01. The molecule has 0 unspecified atom stereocenters. The van der Waals surface area contributed by atoms with Gasteiger partial charge < -0.3 is 19.6 Å². The van der Waals surface area contributed by atoms with Crippen molar-refractivity contribution in [2.75, 3.05) is 0 Å². The fraction of sp³-hybridized carbons (Fsp3) is 0. The second-order valence-electron chi connectivity index (χ2n) is 3.58. The van der Waals surface area contributed by atoms with Crippen LogP contribution in [0, 0.1) is 10.1 Å². The van der Waals surface area contributed by atoms with Crippen molar-refractivity contribution >= 4 is 39.8 Å². The Morgan fingerprint density at radius 2 is 2.35 bits per heavy atom. The molecule has 3 rings (SSSR count). The summed E-state index contributed by atoms with van der Waals surface area (Å²) in [6.45, 7) is 0. The van der Waals surface area contributed by atoms with Crippen LogP contribution >= 0.6 is 23.1 Å². The largest absolute Gasteiger partial charge is 0.475 e. The predicted molar refractivity (Wildman–Crippen MR) is 69.5 cm³/mol. The van der Waals surface area contributed by atoms with Gasteiger partial charge in [-0.15, -0.1) is 0 Å². The molecule has 3 heterocycles. The van der Waals surface area contributed by atoms with Gasteiger partial charge in [-0.25, -0.2) is 4.79 Å². The number of hydrogen-bond acceptors (Lipinski definition) is 7. The van der Waals surface area contributed by atoms with Crippen LogP contribution in [0.4, 0.5) is 5.82 Å². The third-order valence-electron chi connectivity index (χ3n) is 2.37. The highest BCUT2D eigenvalue weighted by molar-refractivity contribution is 7.99. The van der Waals surface area contributed by atoms with E-state index in [0.29, 0.717) is 4.96 Å². The number of imidazole rings is 1. The fourth-order valence-corrected chi connectivity index (χ4v) is 3.20. The molecule has 1 N–H and O–H groups in total. The summed E-state index contributed by atoms with van der Waals surface area (Å²) in [7, 11) is 0. The summed E-state index contributed by atoms with van der Waals surface area (Å²) < 4.78 is 6.42. The number of carbonyl (C=O) groups is 1. The predicted octanol–water partition coefficient (Wildman–Crippen LogP) is 2.75. The van der Waals surface area contributed by atoms with Gasteiger partial charge in [-0.05, 0) is 28.8 Å². The maximum Gasteiger partial charge on any atom is 0.371 e. The Labute approximate surface area is 118 Å². The van der Waals surface area contributed by atoms with Crippen molar-refractivity contribution in [3.63, 3.8) is 0 Å². The number of carboxylic acid groups (broad SMARTS) is 1. The zero-order chi connectivity index (χ0) is 14.3. The fourth-order valence-electron chi connectivity index (χ4n) is 1.57. The summed E-state index contributed by atoms with van der Waals surface area (Å²) in [6, 6.07) is 2.72. The van der Waals surface area contributed by atoms with Crippen LogP contribution in [0.25, 0.3) is 4.96 Å². The minimum atomic E-state index is -1.20. The second-order valence-corrected chi connectivity index (χ2v) is 5.45. The highest BCUT2D eigenvalue weighted by atomic mass is 32.2. The van der Waals surface area contributed by atoms with Gasteiger partial charge in [0.1, 0.15) is 6.20 Å². The Morgan fingerprint density at radius 1 is 1.55 bits per heavy atom. The molecule has 0 saturated carbocycles. The Bertz CT molecular complexity index is 818. The van der Waals surface area contributed by atoms with E-state index in [-0.39, 0.29) is 21.7 Å². The molecule has 8 nitrogen and oxygen atoms in total. The maximum atomic E-state index is 11.1. The molecule has 3 aromatic heterocycles. The molecule has 0 radical (unpaired) electrons. The molecule has 0 saturated heterocycles. The van der Waals surface area contributed by atoms with Gasteiger partial charge in [-0.3, -0.25) is 0 Å². The molecule has 0 aliphatic heterocycles. The lowest BCUT2D eigenvalue weighted by atomic mass is 10.5. The number of nitrogens with zero attached hydrogens (tertiary/aromatic N) is 3. The Balaban J connectivity index is 2.01. The minimum Gasteiger partial charge on any atom is -0.475 e. The zero-order valence-electron chi connectivity index (χ0n) is 9.55. The number of fused-ring (bicyclic) bond motifs is 1. The Morgan fingerprint density at radius 3 is 3.00 bits per heavy atom. The first-order valence-electron chi connectivity index (χ1n) is 5.17. The van der Waals surface area contributed by atoms with E-state index >= 15 is 0 Å². The van der Waals surface area contributed by atoms with Gasteiger partial charge in [0.05, 0.1) is 0 Å². The molecule has 20 heavy (non-hydrogen) atoms. The van der Waals surface area contributed by atoms with E-state index in [2.05, 4.69) is 4.98 Å². The Kier molecular flexibility index (Phi) is 2.95. The number of hydrogen-bond donors (Lipinski definition) is 1. The van der Waals surface area contributed by atoms with E-state index in [9.17, 15) is 14.9 Å². The van der Waals surface area contributed by atoms with Crippen molar-refractivity contribution in [1.82, 2.24) is 9.38 Å². The maximum absolute atomic E-state index is 11.1. The third kappa shape index (κ3) is 2.04. The van der Waals surface area contributed by atoms with Gasteiger partial charge >= 0.3 is 11.8 Å². The number of aromatic carboxylic acids is 1. The lowest BCUT2D eigenvalue weighted by molar-refractivity contribution is -0.393. The van der Waals surface area contributed by atoms with Gasteiger partial charge in [0.2, 0.25) is 10.8 Å². The number of carboxylic acids is 1. The monoisotopic (exact) mass is 311 g/mol. The zero-order valence-corrected chi connectivity index (χ0v) is 11.2. The quantitative estimate of drug-likeness (QED) is 0.582. The van der Waals surface area contributed by atoms with Crippen LogP contribution in [0.3, 0.4) is 0 Å². The van der Waals surface area contributed by atoms with Crippen LogP contribution in [0.1, 0.15) is 10.6 Å². The number of aromatic nitrogens is 2. The van der Waals surface area contributed by atoms with Crippen molar-refractivity contribution in [1.29, 1.82) is 0 Å². The van der Waals surface area contributed by atoms with E-state index in [1.54, 1.807) is 11.6 Å². The van der Waals surface area contributed by atoms with Crippen LogP contribution in [-0.2, 0) is 0 Å². The molecule has 0 amide bonds. The molecule has 10 heteroatoms. The van der Waals surface area contributed by atoms with E-state index in [4.69, 9.17) is 9.52 Å². The van der Waals surface area contributed by atoms with Crippen LogP contribution in [-0.4, -0.2) is 25.4 Å². The van der Waals surface area contributed by atoms with Gasteiger partial charge in [0, 0.05) is 5.38 Å². The SMILES string of the molecule is O=C(O)c1ccc(Sc2nc3sccn3c2[N+](=O)[O-])o1. The molecular formula is C10H5N3O5S2. The van der Waals surface area contributed by atoms with Crippen molar-refractivity contribution in [2.45, 2.75) is 10.1 Å². The normalized spacial score (nSPS) is 11.0. The van der Waals surface area contributed by atoms with Gasteiger partial charge in [0.15, 0.2) is 5.09 Å². The number of thiazole rings is 1. The molecule has 0 fully saturated rings. The standard InChI is InChI=1S/C10H5N3O5S2/c14-9(15)5-1-2-6(18-5)20-7-8(13(16)17)12-3-4-19-10(12)11-7/h1-4H,(H,14,15). The second kappa shape index (κ2) is 4.65. The molecule has 0 atom stereocenters. The Hall–Kier alpha value is -2.33. The van der Waals surface area contributed by atoms with Gasteiger partial charge in [0.25, 0.3) is 4.96 Å². The van der Waals surface area contributed by atoms with Gasteiger partial charge in [-0.2, -0.15) is 9.38 Å². The molecule has 0 aliphatic carbocycles. The molecule has 0 spiro atoms. The summed E-state index contributed by atoms with van der Waals surface area (Å²) in [5, 5.41) is 22.0. The topological polar surface area (TPSA) is 111 Å². The van der Waals surface area contributed by atoms with Crippen molar-refractivity contribution in [3.8, 4) is 0 Å². The van der Waals surface area contributed by atoms with Gasteiger partial charge in [-0.1, -0.05) is 11.3 Å². The molecule has 3 aromatic rings. The molecular weight excluding hydrogens is 306 g/mol. The summed E-state index contributed by atoms with van der Waals surface area (Å²) in [5.74, 6) is -1.59. The molecule has 0 aliphatic rings. The summed E-state index contributed by atoms with van der Waals surface area (Å²) >= 11 is 2.18. The average Bonchev–Trinajstić information content (AvgIpc) is 3.02. The smallest absolute Gasteiger partial charge is 0.371 e. The average molecular weight is 311 g/mol. The summed E-state index contributed by atoms with van der Waals surface area (Å²) in [5.41, 5.74) is 0. The van der Waals surface area contributed by atoms with E-state index in [1.807, 2.05) is 0 Å². The summed E-state index contributed by atoms with van der Waals surface area (Å²) in [6.07, 6.45) is 1.56. The first-order chi connectivity index (χ1) is 9.56. The van der Waals surface area contributed by atoms with Crippen molar-refractivity contribution < 1.29 is 19.2 Å². The van der Waals surface area contributed by atoms with Crippen LogP contribution in [0.2, 0.25) is 0 Å². The van der Waals surface area contributed by atoms with Crippen LogP contribution in [0.15, 0.2) is 38.2 Å². The van der Waals surface area contributed by atoms with E-state index in [0.717, 1.165) is 11.8 Å². The number of nitro groups is 1.